The van der Waals surface area contributed by atoms with Crippen molar-refractivity contribution < 1.29 is 4.74 Å². The molecule has 112 valence electrons. The lowest BCUT2D eigenvalue weighted by molar-refractivity contribution is 0.104. The Kier molecular flexibility index (Phi) is 5.78. The van der Waals surface area contributed by atoms with Crippen LogP contribution in [0.2, 0.25) is 19.6 Å². The van der Waals surface area contributed by atoms with Crippen LogP contribution in [0.15, 0.2) is 41.6 Å². The summed E-state index contributed by atoms with van der Waals surface area (Å²) in [4.78, 5) is 0. The van der Waals surface area contributed by atoms with Crippen LogP contribution in [-0.4, -0.2) is 15.2 Å². The van der Waals surface area contributed by atoms with Crippen molar-refractivity contribution in [3.63, 3.8) is 0 Å². The largest absolute Gasteiger partial charge is 0.376 e. The summed E-state index contributed by atoms with van der Waals surface area (Å²) >= 11 is 0. The van der Waals surface area contributed by atoms with Crippen molar-refractivity contribution in [2.45, 2.75) is 52.9 Å². The molecule has 1 unspecified atom stereocenters. The van der Waals surface area contributed by atoms with Crippen LogP contribution in [0.25, 0.3) is 0 Å². The highest BCUT2D eigenvalue weighted by molar-refractivity contribution is 6.83. The molecule has 1 atom stereocenters. The van der Waals surface area contributed by atoms with Crippen LogP contribution in [0.4, 0.5) is 0 Å². The molecule has 1 aromatic carbocycles. The number of rotatable bonds is 5. The molecule has 0 bridgehead atoms. The number of hydrogen-bond acceptors (Lipinski definition) is 1. The van der Waals surface area contributed by atoms with Gasteiger partial charge in [0, 0.05) is 7.11 Å². The minimum atomic E-state index is -1.33. The molecule has 0 heterocycles. The van der Waals surface area contributed by atoms with E-state index in [0.29, 0.717) is 0 Å². The van der Waals surface area contributed by atoms with Gasteiger partial charge in [0.1, 0.15) is 0 Å². The molecule has 0 amide bonds. The first-order valence-corrected chi connectivity index (χ1v) is 10.9. The molecule has 0 fully saturated rings. The van der Waals surface area contributed by atoms with Crippen LogP contribution in [-0.2, 0) is 4.74 Å². The predicted molar refractivity (Wildman–Crippen MR) is 91.7 cm³/mol. The maximum atomic E-state index is 5.76. The minimum absolute atomic E-state index is 0.163. The second-order valence-electron chi connectivity index (χ2n) is 7.62. The molecule has 20 heavy (non-hydrogen) atoms. The van der Waals surface area contributed by atoms with E-state index in [1.807, 2.05) is 7.11 Å². The summed E-state index contributed by atoms with van der Waals surface area (Å²) in [6.45, 7) is 14.1. The number of methoxy groups -OCH3 is 1. The molecule has 0 aliphatic carbocycles. The van der Waals surface area contributed by atoms with Crippen LogP contribution in [0.5, 0.6) is 0 Å². The van der Waals surface area contributed by atoms with Crippen LogP contribution >= 0.6 is 0 Å². The summed E-state index contributed by atoms with van der Waals surface area (Å²) in [5.74, 6) is 0. The van der Waals surface area contributed by atoms with E-state index in [2.05, 4.69) is 76.8 Å². The van der Waals surface area contributed by atoms with Gasteiger partial charge in [-0.1, -0.05) is 82.0 Å². The van der Waals surface area contributed by atoms with Gasteiger partial charge in [-0.15, -0.1) is 0 Å². The maximum absolute atomic E-state index is 5.76. The lowest BCUT2D eigenvalue weighted by Crippen LogP contribution is -2.27. The van der Waals surface area contributed by atoms with Gasteiger partial charge in [0.25, 0.3) is 0 Å². The van der Waals surface area contributed by atoms with Crippen LogP contribution in [0.1, 0.15) is 38.9 Å². The van der Waals surface area contributed by atoms with Crippen molar-refractivity contribution in [1.29, 1.82) is 0 Å². The molecule has 1 aromatic rings. The third kappa shape index (κ3) is 5.64. The maximum Gasteiger partial charge on any atom is 0.0854 e. The summed E-state index contributed by atoms with van der Waals surface area (Å²) < 4.78 is 5.76. The Morgan fingerprint density at radius 3 is 2.10 bits per heavy atom. The highest BCUT2D eigenvalue weighted by Crippen LogP contribution is 2.32. The lowest BCUT2D eigenvalue weighted by Gasteiger charge is -2.28. The van der Waals surface area contributed by atoms with Crippen molar-refractivity contribution in [2.24, 2.45) is 5.41 Å². The third-order valence-electron chi connectivity index (χ3n) is 3.43. The van der Waals surface area contributed by atoms with Gasteiger partial charge in [0.05, 0.1) is 14.2 Å². The van der Waals surface area contributed by atoms with E-state index < -0.39 is 8.07 Å². The summed E-state index contributed by atoms with van der Waals surface area (Å²) in [6, 6.07) is 10.5. The molecular weight excluding hydrogens is 260 g/mol. The normalized spacial score (nSPS) is 15.2. The SMILES string of the molecule is COC(C/C(=C/C(C)(C)C)[Si](C)(C)C)c1ccccc1. The van der Waals surface area contributed by atoms with Gasteiger partial charge in [-0.25, -0.2) is 0 Å². The van der Waals surface area contributed by atoms with Crippen LogP contribution in [0.3, 0.4) is 0 Å². The van der Waals surface area contributed by atoms with E-state index in [1.54, 1.807) is 5.20 Å². The summed E-state index contributed by atoms with van der Waals surface area (Å²) in [5.41, 5.74) is 1.50. The first-order chi connectivity index (χ1) is 9.13. The number of allylic oxidation sites excluding steroid dienone is 1. The molecule has 0 radical (unpaired) electrons. The average Bonchev–Trinajstić information content (AvgIpc) is 2.32. The first-order valence-electron chi connectivity index (χ1n) is 7.43. The number of ether oxygens (including phenoxy) is 1. The zero-order valence-corrected chi connectivity index (χ0v) is 15.2. The van der Waals surface area contributed by atoms with Crippen LogP contribution in [0, 0.1) is 5.41 Å². The van der Waals surface area contributed by atoms with Gasteiger partial charge in [-0.3, -0.25) is 0 Å². The van der Waals surface area contributed by atoms with Gasteiger partial charge in [0.15, 0.2) is 0 Å². The molecule has 0 aromatic heterocycles. The quantitative estimate of drug-likeness (QED) is 0.640. The summed E-state index contributed by atoms with van der Waals surface area (Å²) in [6.07, 6.45) is 3.64. The fraction of sp³-hybridized carbons (Fsp3) is 0.556. The molecule has 2 heteroatoms. The van der Waals surface area contributed by atoms with E-state index in [0.717, 1.165) is 6.42 Å². The highest BCUT2D eigenvalue weighted by atomic mass is 28.3. The number of hydrogen-bond donors (Lipinski definition) is 0. The van der Waals surface area contributed by atoms with Gasteiger partial charge < -0.3 is 4.74 Å². The molecule has 1 rings (SSSR count). The van der Waals surface area contributed by atoms with E-state index in [4.69, 9.17) is 4.74 Å². The van der Waals surface area contributed by atoms with E-state index in [1.165, 1.54) is 5.56 Å². The highest BCUT2D eigenvalue weighted by Gasteiger charge is 2.25. The Labute approximate surface area is 126 Å². The van der Waals surface area contributed by atoms with Gasteiger partial charge in [-0.05, 0) is 17.4 Å². The zero-order chi connectivity index (χ0) is 15.4. The van der Waals surface area contributed by atoms with Gasteiger partial charge >= 0.3 is 0 Å². The summed E-state index contributed by atoms with van der Waals surface area (Å²) in [7, 11) is 0.489. The van der Waals surface area contributed by atoms with Crippen molar-refractivity contribution in [3.05, 3.63) is 47.2 Å². The Balaban J connectivity index is 3.03. The topological polar surface area (TPSA) is 9.23 Å². The van der Waals surface area contributed by atoms with Crippen LogP contribution < -0.4 is 0 Å². The Hall–Kier alpha value is -0.863. The molecule has 0 saturated heterocycles. The Morgan fingerprint density at radius 2 is 1.70 bits per heavy atom. The van der Waals surface area contributed by atoms with Gasteiger partial charge in [0.2, 0.25) is 0 Å². The van der Waals surface area contributed by atoms with E-state index >= 15 is 0 Å². The third-order valence-corrected chi connectivity index (χ3v) is 5.71. The van der Waals surface area contributed by atoms with Gasteiger partial charge in [-0.2, -0.15) is 0 Å². The lowest BCUT2D eigenvalue weighted by atomic mass is 9.95. The van der Waals surface area contributed by atoms with Crippen molar-refractivity contribution in [2.75, 3.05) is 7.11 Å². The molecule has 0 saturated carbocycles. The fourth-order valence-electron chi connectivity index (χ4n) is 2.31. The monoisotopic (exact) mass is 290 g/mol. The fourth-order valence-corrected chi connectivity index (χ4v) is 3.97. The molecular formula is C18H30OSi. The molecule has 0 aliphatic heterocycles. The van der Waals surface area contributed by atoms with Crippen molar-refractivity contribution in [3.8, 4) is 0 Å². The van der Waals surface area contributed by atoms with E-state index in [-0.39, 0.29) is 11.5 Å². The second-order valence-corrected chi connectivity index (χ2v) is 12.8. The Morgan fingerprint density at radius 1 is 1.15 bits per heavy atom. The molecule has 0 N–H and O–H groups in total. The minimum Gasteiger partial charge on any atom is -0.376 e. The standard InChI is InChI=1S/C18H30OSi/c1-18(2,3)14-16(20(5,6)7)13-17(19-4)15-11-9-8-10-12-15/h8-12,14,17H,13H2,1-7H3/b16-14-. The predicted octanol–water partition coefficient (Wildman–Crippen LogP) is 5.61. The Bertz CT molecular complexity index is 435. The second kappa shape index (κ2) is 6.73. The molecule has 0 spiro atoms. The van der Waals surface area contributed by atoms with Crippen molar-refractivity contribution >= 4 is 8.07 Å². The molecule has 0 aliphatic rings. The number of benzene rings is 1. The molecule has 1 nitrogen and oxygen atoms in total. The van der Waals surface area contributed by atoms with E-state index in [9.17, 15) is 0 Å². The summed E-state index contributed by atoms with van der Waals surface area (Å²) in [5, 5.41) is 1.60. The smallest absolute Gasteiger partial charge is 0.0854 e. The zero-order valence-electron chi connectivity index (χ0n) is 14.2. The first kappa shape index (κ1) is 17.2. The average molecular weight is 291 g/mol. The van der Waals surface area contributed by atoms with Crippen molar-refractivity contribution in [1.82, 2.24) is 0 Å².